The first-order chi connectivity index (χ1) is 10.1. The Kier molecular flexibility index (Phi) is 4.76. The van der Waals surface area contributed by atoms with Crippen molar-refractivity contribution >= 4 is 0 Å². The summed E-state index contributed by atoms with van der Waals surface area (Å²) in [7, 11) is 1.43. The van der Waals surface area contributed by atoms with E-state index < -0.39 is 29.6 Å². The van der Waals surface area contributed by atoms with Crippen LogP contribution in [0.15, 0.2) is 20.9 Å². The molecule has 2 N–H and O–H groups in total. The molecular weight excluding hydrogens is 282 g/mol. The molecule has 0 amide bonds. The van der Waals surface area contributed by atoms with E-state index in [0.29, 0.717) is 0 Å². The van der Waals surface area contributed by atoms with Crippen LogP contribution in [0.5, 0.6) is 0 Å². The Morgan fingerprint density at radius 1 is 1.67 bits per heavy atom. The lowest BCUT2D eigenvalue weighted by Gasteiger charge is -2.15. The quantitative estimate of drug-likeness (QED) is 0.433. The summed E-state index contributed by atoms with van der Waals surface area (Å²) in [4.78, 5) is 28.3. The zero-order valence-electron chi connectivity index (χ0n) is 11.3. The summed E-state index contributed by atoms with van der Waals surface area (Å²) in [5, 5.41) is 12.7. The van der Waals surface area contributed by atoms with Crippen LogP contribution in [0.2, 0.25) is 0 Å². The average molecular weight is 297 g/mol. The van der Waals surface area contributed by atoms with Crippen molar-refractivity contribution in [3.63, 3.8) is 0 Å². The Morgan fingerprint density at radius 2 is 2.43 bits per heavy atom. The molecule has 114 valence electrons. The lowest BCUT2D eigenvalue weighted by molar-refractivity contribution is -0.0273. The third kappa shape index (κ3) is 3.14. The van der Waals surface area contributed by atoms with Gasteiger partial charge in [0, 0.05) is 24.6 Å². The van der Waals surface area contributed by atoms with Crippen molar-refractivity contribution in [1.29, 1.82) is 0 Å². The zero-order chi connectivity index (χ0) is 15.4. The van der Waals surface area contributed by atoms with E-state index in [4.69, 9.17) is 15.0 Å². The third-order valence-electron chi connectivity index (χ3n) is 3.24. The molecule has 0 spiro atoms. The fraction of sp³-hybridized carbons (Fsp3) is 0.636. The van der Waals surface area contributed by atoms with Gasteiger partial charge >= 0.3 is 5.69 Å². The van der Waals surface area contributed by atoms with Gasteiger partial charge in [0.15, 0.2) is 0 Å². The maximum Gasteiger partial charge on any atom is 0.330 e. The highest BCUT2D eigenvalue weighted by atomic mass is 16.5. The molecule has 10 nitrogen and oxygen atoms in total. The van der Waals surface area contributed by atoms with Crippen molar-refractivity contribution in [2.45, 2.75) is 31.4 Å². The number of aliphatic hydroxyl groups is 1. The zero-order valence-corrected chi connectivity index (χ0v) is 11.3. The van der Waals surface area contributed by atoms with Crippen LogP contribution in [-0.2, 0) is 16.1 Å². The minimum absolute atomic E-state index is 0.0472. The molecule has 0 aliphatic carbocycles. The normalized spacial score (nSPS) is 24.8. The summed E-state index contributed by atoms with van der Waals surface area (Å²) in [6, 6.07) is -0.574. The minimum atomic E-state index is -0.724. The monoisotopic (exact) mass is 297 g/mol. The van der Waals surface area contributed by atoms with Gasteiger partial charge in [-0.05, 0) is 5.53 Å². The summed E-state index contributed by atoms with van der Waals surface area (Å²) in [6.45, 7) is -0.283. The van der Waals surface area contributed by atoms with Crippen molar-refractivity contribution in [3.05, 3.63) is 43.0 Å². The number of ether oxygens (including phenoxy) is 2. The molecule has 1 aromatic heterocycles. The van der Waals surface area contributed by atoms with Gasteiger partial charge in [-0.15, -0.1) is 0 Å². The van der Waals surface area contributed by atoms with Crippen LogP contribution in [0.1, 0.15) is 18.2 Å². The molecule has 3 unspecified atom stereocenters. The highest BCUT2D eigenvalue weighted by Crippen LogP contribution is 2.29. The summed E-state index contributed by atoms with van der Waals surface area (Å²) in [5.74, 6) is 0. The van der Waals surface area contributed by atoms with Crippen LogP contribution < -0.4 is 11.2 Å². The first-order valence-corrected chi connectivity index (χ1v) is 6.24. The fourth-order valence-electron chi connectivity index (χ4n) is 2.24. The van der Waals surface area contributed by atoms with Gasteiger partial charge in [-0.25, -0.2) is 4.79 Å². The minimum Gasteiger partial charge on any atom is -0.394 e. The molecule has 0 bridgehead atoms. The summed E-state index contributed by atoms with van der Waals surface area (Å²) < 4.78 is 11.6. The number of aromatic nitrogens is 2. The van der Waals surface area contributed by atoms with Crippen LogP contribution >= 0.6 is 0 Å². The molecule has 2 heterocycles. The Morgan fingerprint density at radius 3 is 3.05 bits per heavy atom. The molecule has 1 aliphatic heterocycles. The molecule has 0 saturated carbocycles. The molecular formula is C11H15N5O5. The number of aromatic amines is 1. The number of nitrogens with one attached hydrogen (secondary N) is 1. The highest BCUT2D eigenvalue weighted by molar-refractivity contribution is 5.04. The highest BCUT2D eigenvalue weighted by Gasteiger charge is 2.35. The molecule has 1 aromatic rings. The fourth-order valence-corrected chi connectivity index (χ4v) is 2.24. The van der Waals surface area contributed by atoms with E-state index in [-0.39, 0.29) is 25.2 Å². The predicted octanol–water partition coefficient (Wildman–Crippen LogP) is -0.358. The standard InChI is InChI=1S/C11H15N5O5/c1-20-5-6-3-16(11(19)13-10(6)18)9-2-7(14-15-12)8(4-17)21-9/h3,7-9,17H,2,4-5H2,1H3,(H,13,18,19). The van der Waals surface area contributed by atoms with E-state index in [9.17, 15) is 14.7 Å². The molecule has 1 saturated heterocycles. The molecule has 21 heavy (non-hydrogen) atoms. The first-order valence-electron chi connectivity index (χ1n) is 6.24. The second-order valence-electron chi connectivity index (χ2n) is 4.57. The van der Waals surface area contributed by atoms with Gasteiger partial charge in [0.25, 0.3) is 5.56 Å². The second kappa shape index (κ2) is 6.55. The van der Waals surface area contributed by atoms with Crippen LogP contribution in [0, 0.1) is 0 Å². The van der Waals surface area contributed by atoms with Crippen LogP contribution in [0.25, 0.3) is 10.4 Å². The number of nitrogens with zero attached hydrogens (tertiary/aromatic N) is 4. The first kappa shape index (κ1) is 15.3. The van der Waals surface area contributed by atoms with E-state index in [0.717, 1.165) is 0 Å². The topological polar surface area (TPSA) is 142 Å². The number of H-pyrrole nitrogens is 1. The maximum absolute atomic E-state index is 11.9. The number of hydrogen-bond donors (Lipinski definition) is 2. The number of methoxy groups -OCH3 is 1. The molecule has 1 fully saturated rings. The SMILES string of the molecule is COCc1cn(C2CC(N=[N+]=[N-])C(CO)O2)c(=O)[nH]c1=O. The molecule has 1 aliphatic rings. The summed E-state index contributed by atoms with van der Waals surface area (Å²) in [6.07, 6.45) is 0.170. The molecule has 2 rings (SSSR count). The average Bonchev–Trinajstić information content (AvgIpc) is 2.85. The van der Waals surface area contributed by atoms with Crippen LogP contribution in [-0.4, -0.2) is 40.5 Å². The Bertz CT molecular complexity index is 662. The smallest absolute Gasteiger partial charge is 0.330 e. The van der Waals surface area contributed by atoms with Gasteiger partial charge < -0.3 is 14.6 Å². The van der Waals surface area contributed by atoms with Crippen LogP contribution in [0.4, 0.5) is 0 Å². The number of hydrogen-bond acceptors (Lipinski definition) is 6. The Balaban J connectivity index is 2.34. The largest absolute Gasteiger partial charge is 0.394 e. The van der Waals surface area contributed by atoms with E-state index in [2.05, 4.69) is 15.0 Å². The van der Waals surface area contributed by atoms with Gasteiger partial charge in [-0.3, -0.25) is 14.3 Å². The van der Waals surface area contributed by atoms with Crippen molar-refractivity contribution in [2.24, 2.45) is 5.11 Å². The van der Waals surface area contributed by atoms with Gasteiger partial charge in [0.05, 0.1) is 30.9 Å². The van der Waals surface area contributed by atoms with E-state index in [1.807, 2.05) is 0 Å². The predicted molar refractivity (Wildman–Crippen MR) is 70.6 cm³/mol. The summed E-state index contributed by atoms with van der Waals surface area (Å²) >= 11 is 0. The Labute approximate surface area is 118 Å². The van der Waals surface area contributed by atoms with Crippen molar-refractivity contribution < 1.29 is 14.6 Å². The lowest BCUT2D eigenvalue weighted by Crippen LogP contribution is -2.34. The van der Waals surface area contributed by atoms with Gasteiger partial charge in [0.1, 0.15) is 6.23 Å². The molecule has 10 heteroatoms. The van der Waals surface area contributed by atoms with E-state index in [1.165, 1.54) is 17.9 Å². The second-order valence-corrected chi connectivity index (χ2v) is 4.57. The molecule has 0 aromatic carbocycles. The Hall–Kier alpha value is -2.13. The number of azide groups is 1. The lowest BCUT2D eigenvalue weighted by atomic mass is 10.1. The van der Waals surface area contributed by atoms with Gasteiger partial charge in [-0.1, -0.05) is 5.11 Å². The summed E-state index contributed by atoms with van der Waals surface area (Å²) in [5.41, 5.74) is 7.60. The van der Waals surface area contributed by atoms with Crippen LogP contribution in [0.3, 0.4) is 0 Å². The van der Waals surface area contributed by atoms with Gasteiger partial charge in [0.2, 0.25) is 0 Å². The van der Waals surface area contributed by atoms with Gasteiger partial charge in [-0.2, -0.15) is 0 Å². The number of rotatable bonds is 5. The van der Waals surface area contributed by atoms with Crippen molar-refractivity contribution in [2.75, 3.05) is 13.7 Å². The van der Waals surface area contributed by atoms with E-state index >= 15 is 0 Å². The van der Waals surface area contributed by atoms with Crippen molar-refractivity contribution in [3.8, 4) is 0 Å². The molecule has 0 radical (unpaired) electrons. The third-order valence-corrected chi connectivity index (χ3v) is 3.24. The number of aliphatic hydroxyl groups excluding tert-OH is 1. The van der Waals surface area contributed by atoms with E-state index in [1.54, 1.807) is 0 Å². The van der Waals surface area contributed by atoms with Crippen molar-refractivity contribution in [1.82, 2.24) is 9.55 Å². The maximum atomic E-state index is 11.9. The molecule has 3 atom stereocenters.